The van der Waals surface area contributed by atoms with Gasteiger partial charge in [0, 0.05) is 18.8 Å². The summed E-state index contributed by atoms with van der Waals surface area (Å²) in [6.07, 6.45) is 1.12. The third kappa shape index (κ3) is 7.33. The Labute approximate surface area is 130 Å². The summed E-state index contributed by atoms with van der Waals surface area (Å²) in [5.41, 5.74) is 0.967. The predicted molar refractivity (Wildman–Crippen MR) is 86.7 cm³/mol. The number of rotatable bonds is 5. The largest absolute Gasteiger partial charge is 0.444 e. The van der Waals surface area contributed by atoms with Crippen LogP contribution in [0.5, 0.6) is 0 Å². The summed E-state index contributed by atoms with van der Waals surface area (Å²) in [7, 11) is 0. The van der Waals surface area contributed by atoms with Gasteiger partial charge in [-0.2, -0.15) is 0 Å². The molecule has 0 aliphatic carbocycles. The number of urea groups is 1. The van der Waals surface area contributed by atoms with Gasteiger partial charge in [0.2, 0.25) is 0 Å². The first kappa shape index (κ1) is 17.6. The van der Waals surface area contributed by atoms with E-state index in [0.29, 0.717) is 18.8 Å². The van der Waals surface area contributed by atoms with Crippen LogP contribution in [0.3, 0.4) is 0 Å². The number of amides is 3. The quantitative estimate of drug-likeness (QED) is 0.732. The number of hydrogen-bond donors (Lipinski definition) is 3. The van der Waals surface area contributed by atoms with Gasteiger partial charge >= 0.3 is 12.1 Å². The summed E-state index contributed by atoms with van der Waals surface area (Å²) in [6.45, 7) is 9.65. The molecule has 0 aliphatic heterocycles. The molecule has 0 fully saturated rings. The topological polar surface area (TPSA) is 79.5 Å². The normalized spacial score (nSPS) is 10.5. The molecule has 0 aliphatic rings. The van der Waals surface area contributed by atoms with Crippen molar-refractivity contribution in [3.63, 3.8) is 0 Å². The molecule has 0 saturated heterocycles. The molecule has 1 rings (SSSR count). The minimum absolute atomic E-state index is 0.308. The van der Waals surface area contributed by atoms with Gasteiger partial charge in [-0.05, 0) is 38.5 Å². The molecule has 0 aromatic heterocycles. The van der Waals surface area contributed by atoms with Gasteiger partial charge < -0.3 is 20.7 Å². The molecule has 0 spiro atoms. The van der Waals surface area contributed by atoms with E-state index in [1.807, 2.05) is 6.07 Å². The van der Waals surface area contributed by atoms with Crippen molar-refractivity contribution in [2.24, 2.45) is 0 Å². The Morgan fingerprint density at radius 3 is 2.64 bits per heavy atom. The molecule has 3 amide bonds. The summed E-state index contributed by atoms with van der Waals surface area (Å²) in [6, 6.07) is 6.89. The molecule has 6 heteroatoms. The molecule has 0 atom stereocenters. The SMILES string of the molecule is C=CCNC(=O)Nc1cccc(CNC(=O)OC(C)(C)C)c1. The van der Waals surface area contributed by atoms with Crippen LogP contribution in [0, 0.1) is 0 Å². The van der Waals surface area contributed by atoms with Crippen molar-refractivity contribution in [2.75, 3.05) is 11.9 Å². The van der Waals surface area contributed by atoms with Crippen molar-refractivity contribution in [1.82, 2.24) is 10.6 Å². The van der Waals surface area contributed by atoms with E-state index in [1.165, 1.54) is 0 Å². The minimum atomic E-state index is -0.531. The maximum atomic E-state index is 11.6. The second-order valence-corrected chi connectivity index (χ2v) is 5.68. The second-order valence-electron chi connectivity index (χ2n) is 5.68. The van der Waals surface area contributed by atoms with Gasteiger partial charge in [-0.1, -0.05) is 18.2 Å². The summed E-state index contributed by atoms with van der Waals surface area (Å²) >= 11 is 0. The van der Waals surface area contributed by atoms with Crippen LogP contribution in [0.2, 0.25) is 0 Å². The molecular weight excluding hydrogens is 282 g/mol. The maximum absolute atomic E-state index is 11.6. The van der Waals surface area contributed by atoms with Crippen molar-refractivity contribution in [3.05, 3.63) is 42.5 Å². The molecule has 120 valence electrons. The molecule has 1 aromatic carbocycles. The molecular formula is C16H23N3O3. The molecule has 0 heterocycles. The standard InChI is InChI=1S/C16H23N3O3/c1-5-9-17-14(20)19-13-8-6-7-12(10-13)11-18-15(21)22-16(2,3)4/h5-8,10H,1,9,11H2,2-4H3,(H,18,21)(H2,17,19,20). The average molecular weight is 305 g/mol. The third-order valence-electron chi connectivity index (χ3n) is 2.43. The van der Waals surface area contributed by atoms with Crippen LogP contribution in [-0.4, -0.2) is 24.3 Å². The number of hydrogen-bond acceptors (Lipinski definition) is 3. The fourth-order valence-electron chi connectivity index (χ4n) is 1.59. The van der Waals surface area contributed by atoms with E-state index >= 15 is 0 Å². The summed E-state index contributed by atoms with van der Waals surface area (Å²) in [4.78, 5) is 23.1. The lowest BCUT2D eigenvalue weighted by molar-refractivity contribution is 0.0523. The average Bonchev–Trinajstić information content (AvgIpc) is 2.41. The zero-order valence-electron chi connectivity index (χ0n) is 13.2. The van der Waals surface area contributed by atoms with Gasteiger partial charge in [0.25, 0.3) is 0 Å². The van der Waals surface area contributed by atoms with E-state index in [-0.39, 0.29) is 6.03 Å². The van der Waals surface area contributed by atoms with Crippen LogP contribution in [-0.2, 0) is 11.3 Å². The smallest absolute Gasteiger partial charge is 0.407 e. The van der Waals surface area contributed by atoms with Gasteiger partial charge in [-0.15, -0.1) is 6.58 Å². The van der Waals surface area contributed by atoms with Crippen LogP contribution in [0.4, 0.5) is 15.3 Å². The fraction of sp³-hybridized carbons (Fsp3) is 0.375. The van der Waals surface area contributed by atoms with Crippen molar-refractivity contribution < 1.29 is 14.3 Å². The summed E-state index contributed by atoms with van der Waals surface area (Å²) in [5, 5.41) is 7.99. The van der Waals surface area contributed by atoms with Crippen molar-refractivity contribution >= 4 is 17.8 Å². The van der Waals surface area contributed by atoms with Gasteiger partial charge in [0.05, 0.1) is 0 Å². The van der Waals surface area contributed by atoms with Crippen LogP contribution < -0.4 is 16.0 Å². The van der Waals surface area contributed by atoms with E-state index in [9.17, 15) is 9.59 Å². The van der Waals surface area contributed by atoms with Crippen LogP contribution in [0.1, 0.15) is 26.3 Å². The summed E-state index contributed by atoms with van der Waals surface area (Å²) in [5.74, 6) is 0. The first-order valence-corrected chi connectivity index (χ1v) is 7.02. The van der Waals surface area contributed by atoms with E-state index in [0.717, 1.165) is 5.56 Å². The van der Waals surface area contributed by atoms with Crippen molar-refractivity contribution in [1.29, 1.82) is 0 Å². The molecule has 0 unspecified atom stereocenters. The fourth-order valence-corrected chi connectivity index (χ4v) is 1.59. The molecule has 22 heavy (non-hydrogen) atoms. The van der Waals surface area contributed by atoms with Gasteiger partial charge in [0.1, 0.15) is 5.60 Å². The zero-order valence-corrected chi connectivity index (χ0v) is 13.2. The van der Waals surface area contributed by atoms with Crippen LogP contribution in [0.15, 0.2) is 36.9 Å². The third-order valence-corrected chi connectivity index (χ3v) is 2.43. The van der Waals surface area contributed by atoms with Gasteiger partial charge in [0.15, 0.2) is 0 Å². The minimum Gasteiger partial charge on any atom is -0.444 e. The maximum Gasteiger partial charge on any atom is 0.407 e. The number of benzene rings is 1. The lowest BCUT2D eigenvalue weighted by Crippen LogP contribution is -2.32. The highest BCUT2D eigenvalue weighted by Crippen LogP contribution is 2.11. The monoisotopic (exact) mass is 305 g/mol. The Hall–Kier alpha value is -2.50. The lowest BCUT2D eigenvalue weighted by Gasteiger charge is -2.19. The van der Waals surface area contributed by atoms with Gasteiger partial charge in [-0.3, -0.25) is 0 Å². The molecule has 3 N–H and O–H groups in total. The van der Waals surface area contributed by atoms with Crippen LogP contribution >= 0.6 is 0 Å². The molecule has 0 bridgehead atoms. The molecule has 0 radical (unpaired) electrons. The Balaban J connectivity index is 2.52. The first-order chi connectivity index (χ1) is 10.3. The highest BCUT2D eigenvalue weighted by Gasteiger charge is 2.15. The number of alkyl carbamates (subject to hydrolysis) is 1. The Morgan fingerprint density at radius 2 is 2.00 bits per heavy atom. The first-order valence-electron chi connectivity index (χ1n) is 7.02. The van der Waals surface area contributed by atoms with Gasteiger partial charge in [-0.25, -0.2) is 9.59 Å². The van der Waals surface area contributed by atoms with E-state index in [4.69, 9.17) is 4.74 Å². The van der Waals surface area contributed by atoms with Crippen molar-refractivity contribution in [3.8, 4) is 0 Å². The number of anilines is 1. The Kier molecular flexibility index (Phi) is 6.44. The van der Waals surface area contributed by atoms with E-state index in [2.05, 4.69) is 22.5 Å². The molecule has 0 saturated carbocycles. The lowest BCUT2D eigenvalue weighted by atomic mass is 10.2. The number of ether oxygens (including phenoxy) is 1. The van der Waals surface area contributed by atoms with Crippen LogP contribution in [0.25, 0.3) is 0 Å². The number of nitrogens with one attached hydrogen (secondary N) is 3. The summed E-state index contributed by atoms with van der Waals surface area (Å²) < 4.78 is 5.16. The molecule has 1 aromatic rings. The number of carbonyl (C=O) groups excluding carboxylic acids is 2. The predicted octanol–water partition coefficient (Wildman–Crippen LogP) is 3.02. The Bertz CT molecular complexity index is 536. The molecule has 6 nitrogen and oxygen atoms in total. The number of carbonyl (C=O) groups is 2. The van der Waals surface area contributed by atoms with Crippen molar-refractivity contribution in [2.45, 2.75) is 32.9 Å². The highest BCUT2D eigenvalue weighted by molar-refractivity contribution is 5.89. The van der Waals surface area contributed by atoms with E-state index < -0.39 is 11.7 Å². The zero-order chi connectivity index (χ0) is 16.6. The highest BCUT2D eigenvalue weighted by atomic mass is 16.6. The Morgan fingerprint density at radius 1 is 1.27 bits per heavy atom. The second kappa shape index (κ2) is 8.07. The van der Waals surface area contributed by atoms with E-state index in [1.54, 1.807) is 45.0 Å².